The monoisotopic (exact) mass is 280 g/mol. The molecular weight excluding hydrogens is 264 g/mol. The summed E-state index contributed by atoms with van der Waals surface area (Å²) < 4.78 is 0. The predicted octanol–water partition coefficient (Wildman–Crippen LogP) is 3.75. The maximum Gasteiger partial charge on any atom is 0.206 e. The van der Waals surface area contributed by atoms with Gasteiger partial charge >= 0.3 is 0 Å². The van der Waals surface area contributed by atoms with Crippen LogP contribution in [0.25, 0.3) is 9.88 Å². The van der Waals surface area contributed by atoms with Gasteiger partial charge in [-0.25, -0.2) is 4.98 Å². The third kappa shape index (κ3) is 2.54. The average Bonchev–Trinajstić information content (AvgIpc) is 2.92. The summed E-state index contributed by atoms with van der Waals surface area (Å²) >= 11 is 3.32. The summed E-state index contributed by atoms with van der Waals surface area (Å²) in [6.45, 7) is 3.16. The number of thiazole rings is 1. The lowest BCUT2D eigenvalue weighted by Crippen LogP contribution is -1.99. The van der Waals surface area contributed by atoms with Gasteiger partial charge in [-0.1, -0.05) is 24.7 Å². The molecule has 0 aromatic carbocycles. The van der Waals surface area contributed by atoms with Gasteiger partial charge in [0, 0.05) is 12.5 Å². The van der Waals surface area contributed by atoms with E-state index in [4.69, 9.17) is 0 Å². The van der Waals surface area contributed by atoms with Crippen LogP contribution in [0.1, 0.15) is 44.2 Å². The molecule has 0 amide bonds. The van der Waals surface area contributed by atoms with Crippen molar-refractivity contribution in [1.82, 2.24) is 15.2 Å². The SMILES string of the molecule is CCCCNc1nnc(-c2scnc2C2CC2)s1. The van der Waals surface area contributed by atoms with E-state index in [1.54, 1.807) is 22.7 Å². The minimum Gasteiger partial charge on any atom is -0.360 e. The van der Waals surface area contributed by atoms with E-state index in [9.17, 15) is 0 Å². The van der Waals surface area contributed by atoms with Gasteiger partial charge in [-0.3, -0.25) is 0 Å². The Morgan fingerprint density at radius 1 is 1.39 bits per heavy atom. The molecule has 96 valence electrons. The molecular formula is C12H16N4S2. The van der Waals surface area contributed by atoms with Crippen molar-refractivity contribution in [2.75, 3.05) is 11.9 Å². The largest absolute Gasteiger partial charge is 0.360 e. The molecule has 6 heteroatoms. The fraction of sp³-hybridized carbons (Fsp3) is 0.583. The van der Waals surface area contributed by atoms with Crippen LogP contribution >= 0.6 is 22.7 Å². The summed E-state index contributed by atoms with van der Waals surface area (Å²) in [5.74, 6) is 0.673. The second kappa shape index (κ2) is 5.32. The number of unbranched alkanes of at least 4 members (excludes halogenated alkanes) is 1. The smallest absolute Gasteiger partial charge is 0.206 e. The van der Waals surface area contributed by atoms with Crippen molar-refractivity contribution in [2.24, 2.45) is 0 Å². The summed E-state index contributed by atoms with van der Waals surface area (Å²) in [6, 6.07) is 0. The molecule has 1 aliphatic rings. The Labute approximate surface area is 114 Å². The number of hydrogen-bond donors (Lipinski definition) is 1. The predicted molar refractivity (Wildman–Crippen MR) is 76.4 cm³/mol. The Morgan fingerprint density at radius 3 is 3.06 bits per heavy atom. The fourth-order valence-corrected chi connectivity index (χ4v) is 3.56. The van der Waals surface area contributed by atoms with E-state index in [-0.39, 0.29) is 0 Å². The van der Waals surface area contributed by atoms with Gasteiger partial charge in [-0.2, -0.15) is 0 Å². The molecule has 3 rings (SSSR count). The second-order valence-electron chi connectivity index (χ2n) is 4.53. The molecule has 0 atom stereocenters. The lowest BCUT2D eigenvalue weighted by molar-refractivity contribution is 0.831. The van der Waals surface area contributed by atoms with Crippen molar-refractivity contribution in [3.63, 3.8) is 0 Å². The molecule has 1 fully saturated rings. The number of aromatic nitrogens is 3. The molecule has 0 aliphatic heterocycles. The van der Waals surface area contributed by atoms with Crippen molar-refractivity contribution in [2.45, 2.75) is 38.5 Å². The zero-order valence-electron chi connectivity index (χ0n) is 10.3. The van der Waals surface area contributed by atoms with Crippen LogP contribution in [0.4, 0.5) is 5.13 Å². The standard InChI is InChI=1S/C12H16N4S2/c1-2-3-6-13-12-16-15-11(18-12)10-9(8-4-5-8)14-7-17-10/h7-8H,2-6H2,1H3,(H,13,16). The Balaban J connectivity index is 1.73. The first-order valence-corrected chi connectivity index (χ1v) is 8.09. The van der Waals surface area contributed by atoms with E-state index in [1.165, 1.54) is 36.3 Å². The maximum absolute atomic E-state index is 4.48. The van der Waals surface area contributed by atoms with E-state index in [2.05, 4.69) is 27.4 Å². The van der Waals surface area contributed by atoms with Crippen LogP contribution in [0.3, 0.4) is 0 Å². The first kappa shape index (κ1) is 12.0. The molecule has 1 N–H and O–H groups in total. The van der Waals surface area contributed by atoms with Gasteiger partial charge in [-0.15, -0.1) is 21.5 Å². The van der Waals surface area contributed by atoms with Crippen molar-refractivity contribution < 1.29 is 0 Å². The summed E-state index contributed by atoms with van der Waals surface area (Å²) in [7, 11) is 0. The Kier molecular flexibility index (Phi) is 3.56. The number of nitrogens with zero attached hydrogens (tertiary/aromatic N) is 3. The van der Waals surface area contributed by atoms with Gasteiger partial charge in [0.25, 0.3) is 0 Å². The number of nitrogens with one attached hydrogen (secondary N) is 1. The van der Waals surface area contributed by atoms with E-state index >= 15 is 0 Å². The molecule has 0 spiro atoms. The molecule has 1 saturated carbocycles. The quantitative estimate of drug-likeness (QED) is 0.819. The lowest BCUT2D eigenvalue weighted by Gasteiger charge is -1.98. The lowest BCUT2D eigenvalue weighted by atomic mass is 10.2. The fourth-order valence-electron chi connectivity index (χ4n) is 1.82. The molecule has 1 aliphatic carbocycles. The van der Waals surface area contributed by atoms with Crippen LogP contribution in [0, 0.1) is 0 Å². The van der Waals surface area contributed by atoms with Gasteiger partial charge in [0.05, 0.1) is 16.1 Å². The van der Waals surface area contributed by atoms with Crippen LogP contribution in [0.15, 0.2) is 5.51 Å². The van der Waals surface area contributed by atoms with Gasteiger partial charge in [0.2, 0.25) is 5.13 Å². The van der Waals surface area contributed by atoms with Crippen LogP contribution in [-0.4, -0.2) is 21.7 Å². The highest BCUT2D eigenvalue weighted by Crippen LogP contribution is 2.45. The third-order valence-corrected chi connectivity index (χ3v) is 4.86. The van der Waals surface area contributed by atoms with Gasteiger partial charge < -0.3 is 5.32 Å². The molecule has 2 aromatic heterocycles. The van der Waals surface area contributed by atoms with Crippen LogP contribution in [-0.2, 0) is 0 Å². The van der Waals surface area contributed by atoms with E-state index in [1.807, 2.05) is 5.51 Å². The molecule has 0 radical (unpaired) electrons. The highest BCUT2D eigenvalue weighted by atomic mass is 32.1. The first-order chi connectivity index (χ1) is 8.88. The zero-order chi connectivity index (χ0) is 12.4. The summed E-state index contributed by atoms with van der Waals surface area (Å²) in [5.41, 5.74) is 3.16. The van der Waals surface area contributed by atoms with E-state index in [0.717, 1.165) is 16.7 Å². The highest BCUT2D eigenvalue weighted by molar-refractivity contribution is 7.22. The molecule has 0 bridgehead atoms. The minimum atomic E-state index is 0.673. The Morgan fingerprint density at radius 2 is 2.28 bits per heavy atom. The van der Waals surface area contributed by atoms with E-state index in [0.29, 0.717) is 5.92 Å². The molecule has 18 heavy (non-hydrogen) atoms. The number of hydrogen-bond acceptors (Lipinski definition) is 6. The average molecular weight is 280 g/mol. The highest BCUT2D eigenvalue weighted by Gasteiger charge is 2.29. The molecule has 4 nitrogen and oxygen atoms in total. The van der Waals surface area contributed by atoms with Crippen molar-refractivity contribution in [3.05, 3.63) is 11.2 Å². The number of rotatable bonds is 6. The van der Waals surface area contributed by atoms with Gasteiger partial charge in [0.1, 0.15) is 0 Å². The topological polar surface area (TPSA) is 50.7 Å². The Bertz CT molecular complexity index is 516. The van der Waals surface area contributed by atoms with E-state index < -0.39 is 0 Å². The number of anilines is 1. The Hall–Kier alpha value is -1.01. The maximum atomic E-state index is 4.48. The van der Waals surface area contributed by atoms with Crippen molar-refractivity contribution >= 4 is 27.8 Å². The van der Waals surface area contributed by atoms with Gasteiger partial charge in [0.15, 0.2) is 5.01 Å². The summed E-state index contributed by atoms with van der Waals surface area (Å²) in [4.78, 5) is 5.70. The first-order valence-electron chi connectivity index (χ1n) is 6.39. The second-order valence-corrected chi connectivity index (χ2v) is 6.37. The third-order valence-electron chi connectivity index (χ3n) is 2.98. The van der Waals surface area contributed by atoms with Crippen molar-refractivity contribution in [1.29, 1.82) is 0 Å². The molecule has 0 saturated heterocycles. The minimum absolute atomic E-state index is 0.673. The van der Waals surface area contributed by atoms with Crippen LogP contribution in [0.2, 0.25) is 0 Å². The zero-order valence-corrected chi connectivity index (χ0v) is 12.0. The van der Waals surface area contributed by atoms with Gasteiger partial charge in [-0.05, 0) is 19.3 Å². The van der Waals surface area contributed by atoms with Crippen LogP contribution < -0.4 is 5.32 Å². The molecule has 0 unspecified atom stereocenters. The van der Waals surface area contributed by atoms with Crippen LogP contribution in [0.5, 0.6) is 0 Å². The summed E-state index contributed by atoms with van der Waals surface area (Å²) in [5, 5.41) is 13.7. The normalized spacial score (nSPS) is 14.9. The van der Waals surface area contributed by atoms with Crippen molar-refractivity contribution in [3.8, 4) is 9.88 Å². The molecule has 2 aromatic rings. The summed E-state index contributed by atoms with van der Waals surface area (Å²) in [6.07, 6.45) is 4.91. The molecule has 2 heterocycles.